The Morgan fingerprint density at radius 1 is 1.25 bits per heavy atom. The molecule has 2 saturated heterocycles. The molecule has 0 aromatic heterocycles. The first-order valence-corrected chi connectivity index (χ1v) is 8.24. The van der Waals surface area contributed by atoms with Gasteiger partial charge in [0.05, 0.1) is 0 Å². The van der Waals surface area contributed by atoms with Gasteiger partial charge in [0.2, 0.25) is 0 Å². The highest BCUT2D eigenvalue weighted by Crippen LogP contribution is 2.24. The molecule has 1 aromatic rings. The van der Waals surface area contributed by atoms with Crippen LogP contribution in [0.2, 0.25) is 0 Å². The average Bonchev–Trinajstić information content (AvgIpc) is 2.48. The maximum absolute atomic E-state index is 12.7. The number of amides is 1. The third kappa shape index (κ3) is 2.77. The molecule has 108 valence electrons. The van der Waals surface area contributed by atoms with Crippen molar-refractivity contribution in [2.45, 2.75) is 32.2 Å². The molecule has 2 aliphatic rings. The summed E-state index contributed by atoms with van der Waals surface area (Å²) in [6, 6.07) is 6.53. The number of hydrogen-bond donors (Lipinski definition) is 0. The zero-order chi connectivity index (χ0) is 14.1. The number of aryl methyl sites for hydroxylation is 1. The molecule has 2 fully saturated rings. The molecule has 20 heavy (non-hydrogen) atoms. The van der Waals surface area contributed by atoms with Gasteiger partial charge < -0.3 is 4.90 Å². The fraction of sp³-hybridized carbons (Fsp3) is 0.562. The van der Waals surface area contributed by atoms with Crippen LogP contribution in [0.4, 0.5) is 0 Å². The van der Waals surface area contributed by atoms with E-state index < -0.39 is 0 Å². The van der Waals surface area contributed by atoms with Gasteiger partial charge >= 0.3 is 0 Å². The number of rotatable bonds is 1. The monoisotopic (exact) mass is 336 g/mol. The van der Waals surface area contributed by atoms with Crippen LogP contribution in [0.3, 0.4) is 0 Å². The second-order valence-electron chi connectivity index (χ2n) is 5.90. The summed E-state index contributed by atoms with van der Waals surface area (Å²) in [5.74, 6) is 0.189. The Labute approximate surface area is 129 Å². The van der Waals surface area contributed by atoms with Gasteiger partial charge in [-0.2, -0.15) is 0 Å². The van der Waals surface area contributed by atoms with Crippen molar-refractivity contribution >= 4 is 21.8 Å². The van der Waals surface area contributed by atoms with Crippen LogP contribution in [0, 0.1) is 6.92 Å². The molecule has 3 nitrogen and oxygen atoms in total. The number of benzene rings is 1. The first kappa shape index (κ1) is 14.1. The lowest BCUT2D eigenvalue weighted by Gasteiger charge is -2.44. The Balaban J connectivity index is 1.76. The quantitative estimate of drug-likeness (QED) is 0.786. The van der Waals surface area contributed by atoms with Crippen molar-refractivity contribution in [2.75, 3.05) is 26.2 Å². The molecule has 1 unspecified atom stereocenters. The molecule has 0 bridgehead atoms. The fourth-order valence-electron chi connectivity index (χ4n) is 3.34. The molecule has 2 heterocycles. The van der Waals surface area contributed by atoms with Crippen molar-refractivity contribution in [3.05, 3.63) is 33.8 Å². The van der Waals surface area contributed by atoms with Crippen molar-refractivity contribution in [2.24, 2.45) is 0 Å². The third-order valence-corrected chi connectivity index (χ3v) is 5.05. The van der Waals surface area contributed by atoms with Crippen molar-refractivity contribution in [3.8, 4) is 0 Å². The Morgan fingerprint density at radius 2 is 2.10 bits per heavy atom. The average molecular weight is 337 g/mol. The molecule has 0 aliphatic carbocycles. The summed E-state index contributed by atoms with van der Waals surface area (Å²) in [7, 11) is 0. The van der Waals surface area contributed by atoms with Gasteiger partial charge in [0.1, 0.15) is 0 Å². The number of carbonyl (C=O) groups excluding carboxylic acids is 1. The molecular formula is C16H21BrN2O. The summed E-state index contributed by atoms with van der Waals surface area (Å²) < 4.78 is 0.975. The zero-order valence-electron chi connectivity index (χ0n) is 11.9. The van der Waals surface area contributed by atoms with Gasteiger partial charge in [0, 0.05) is 35.7 Å². The minimum Gasteiger partial charge on any atom is -0.336 e. The molecule has 1 aromatic carbocycles. The zero-order valence-corrected chi connectivity index (χ0v) is 13.5. The standard InChI is InChI=1S/C16H21BrN2O/c1-12-5-6-13(17)10-15(12)16(20)19-9-8-18-7-3-2-4-14(18)11-19/h5-6,10,14H,2-4,7-9,11H2,1H3. The van der Waals surface area contributed by atoms with E-state index in [0.29, 0.717) is 6.04 Å². The van der Waals surface area contributed by atoms with Crippen LogP contribution >= 0.6 is 15.9 Å². The predicted molar refractivity (Wildman–Crippen MR) is 84.0 cm³/mol. The third-order valence-electron chi connectivity index (χ3n) is 4.55. The van der Waals surface area contributed by atoms with Crippen molar-refractivity contribution < 1.29 is 4.79 Å². The first-order chi connectivity index (χ1) is 9.65. The maximum atomic E-state index is 12.7. The lowest BCUT2D eigenvalue weighted by Crippen LogP contribution is -2.56. The SMILES string of the molecule is Cc1ccc(Br)cc1C(=O)N1CCN2CCCCC2C1. The lowest BCUT2D eigenvalue weighted by molar-refractivity contribution is 0.0372. The maximum Gasteiger partial charge on any atom is 0.254 e. The van der Waals surface area contributed by atoms with E-state index in [0.717, 1.165) is 35.2 Å². The van der Waals surface area contributed by atoms with Crippen LogP contribution in [0.1, 0.15) is 35.2 Å². The van der Waals surface area contributed by atoms with Crippen molar-refractivity contribution in [1.29, 1.82) is 0 Å². The second kappa shape index (κ2) is 5.86. The van der Waals surface area contributed by atoms with Gasteiger partial charge in [-0.05, 0) is 44.0 Å². The van der Waals surface area contributed by atoms with Crippen LogP contribution in [0.5, 0.6) is 0 Å². The largest absolute Gasteiger partial charge is 0.336 e. The minimum absolute atomic E-state index is 0.189. The Kier molecular flexibility index (Phi) is 4.13. The van der Waals surface area contributed by atoms with Gasteiger partial charge in [0.25, 0.3) is 5.91 Å². The number of piperazine rings is 1. The van der Waals surface area contributed by atoms with E-state index in [4.69, 9.17) is 0 Å². The number of halogens is 1. The molecule has 0 spiro atoms. The van der Waals surface area contributed by atoms with E-state index in [2.05, 4.69) is 20.8 Å². The van der Waals surface area contributed by atoms with E-state index in [9.17, 15) is 4.79 Å². The van der Waals surface area contributed by atoms with E-state index >= 15 is 0 Å². The van der Waals surface area contributed by atoms with Crippen LogP contribution in [-0.2, 0) is 0 Å². The van der Waals surface area contributed by atoms with E-state index in [1.54, 1.807) is 0 Å². The van der Waals surface area contributed by atoms with Crippen molar-refractivity contribution in [1.82, 2.24) is 9.80 Å². The Hall–Kier alpha value is -0.870. The van der Waals surface area contributed by atoms with Gasteiger partial charge in [-0.1, -0.05) is 28.4 Å². The molecular weight excluding hydrogens is 316 g/mol. The molecule has 0 saturated carbocycles. The Morgan fingerprint density at radius 3 is 2.95 bits per heavy atom. The first-order valence-electron chi connectivity index (χ1n) is 7.44. The normalized spacial score (nSPS) is 23.5. The number of fused-ring (bicyclic) bond motifs is 1. The smallest absolute Gasteiger partial charge is 0.254 e. The lowest BCUT2D eigenvalue weighted by atomic mass is 9.98. The van der Waals surface area contributed by atoms with Crippen LogP contribution in [-0.4, -0.2) is 47.9 Å². The van der Waals surface area contributed by atoms with Gasteiger partial charge in [-0.25, -0.2) is 0 Å². The molecule has 0 N–H and O–H groups in total. The molecule has 1 amide bonds. The second-order valence-corrected chi connectivity index (χ2v) is 6.81. The summed E-state index contributed by atoms with van der Waals surface area (Å²) in [6.45, 7) is 6.01. The number of piperidine rings is 1. The van der Waals surface area contributed by atoms with Crippen LogP contribution in [0.25, 0.3) is 0 Å². The predicted octanol–water partition coefficient (Wildman–Crippen LogP) is 3.07. The summed E-state index contributed by atoms with van der Waals surface area (Å²) in [5.41, 5.74) is 1.90. The highest BCUT2D eigenvalue weighted by Gasteiger charge is 2.31. The highest BCUT2D eigenvalue weighted by molar-refractivity contribution is 9.10. The number of hydrogen-bond acceptors (Lipinski definition) is 2. The van der Waals surface area contributed by atoms with E-state index in [1.165, 1.54) is 25.8 Å². The summed E-state index contributed by atoms with van der Waals surface area (Å²) >= 11 is 3.47. The Bertz CT molecular complexity index is 517. The topological polar surface area (TPSA) is 23.6 Å². The van der Waals surface area contributed by atoms with Gasteiger partial charge in [-0.3, -0.25) is 9.69 Å². The summed E-state index contributed by atoms with van der Waals surface area (Å²) in [6.07, 6.45) is 3.86. The fourth-order valence-corrected chi connectivity index (χ4v) is 3.70. The van der Waals surface area contributed by atoms with Crippen LogP contribution < -0.4 is 0 Å². The van der Waals surface area contributed by atoms with Crippen LogP contribution in [0.15, 0.2) is 22.7 Å². The molecule has 4 heteroatoms. The van der Waals surface area contributed by atoms with E-state index in [1.807, 2.05) is 30.0 Å². The molecule has 1 atom stereocenters. The summed E-state index contributed by atoms with van der Waals surface area (Å²) in [5, 5.41) is 0. The summed E-state index contributed by atoms with van der Waals surface area (Å²) in [4.78, 5) is 17.3. The van der Waals surface area contributed by atoms with E-state index in [-0.39, 0.29) is 5.91 Å². The molecule has 2 aliphatic heterocycles. The number of carbonyl (C=O) groups is 1. The highest BCUT2D eigenvalue weighted by atomic mass is 79.9. The van der Waals surface area contributed by atoms with Gasteiger partial charge in [0.15, 0.2) is 0 Å². The number of nitrogens with zero attached hydrogens (tertiary/aromatic N) is 2. The molecule has 0 radical (unpaired) electrons. The molecule has 3 rings (SSSR count). The van der Waals surface area contributed by atoms with Gasteiger partial charge in [-0.15, -0.1) is 0 Å². The minimum atomic E-state index is 0.189. The van der Waals surface area contributed by atoms with Crippen molar-refractivity contribution in [3.63, 3.8) is 0 Å².